The fourth-order valence-electron chi connectivity index (χ4n) is 3.89. The number of rotatable bonds is 4. The molecule has 1 nitrogen and oxygen atoms in total. The van der Waals surface area contributed by atoms with Crippen LogP contribution in [-0.2, 0) is 10.9 Å². The minimum absolute atomic E-state index is 0.329. The predicted octanol–water partition coefficient (Wildman–Crippen LogP) is 4.54. The van der Waals surface area contributed by atoms with Gasteiger partial charge in [-0.3, -0.25) is 4.79 Å². The first-order valence-electron chi connectivity index (χ1n) is 8.53. The fourth-order valence-corrected chi connectivity index (χ4v) is 7.00. The van der Waals surface area contributed by atoms with E-state index in [1.54, 1.807) is 0 Å². The van der Waals surface area contributed by atoms with Crippen LogP contribution in [0.5, 0.6) is 0 Å². The van der Waals surface area contributed by atoms with E-state index in [1.165, 1.54) is 62.0 Å². The molecule has 0 bridgehead atoms. The number of carbonyl (C=O) groups excluding carboxylic acids is 1. The minimum atomic E-state index is 0.329. The van der Waals surface area contributed by atoms with Crippen molar-refractivity contribution in [3.05, 3.63) is 35.4 Å². The van der Waals surface area contributed by atoms with Gasteiger partial charge in [0.2, 0.25) is 5.78 Å². The van der Waals surface area contributed by atoms with Gasteiger partial charge in [-0.1, -0.05) is 49.1 Å². The van der Waals surface area contributed by atoms with Crippen molar-refractivity contribution in [2.75, 3.05) is 11.5 Å². The zero-order valence-electron chi connectivity index (χ0n) is 13.1. The van der Waals surface area contributed by atoms with E-state index in [0.29, 0.717) is 27.8 Å². The molecule has 2 heteroatoms. The van der Waals surface area contributed by atoms with Crippen molar-refractivity contribution in [2.24, 2.45) is 5.92 Å². The zero-order valence-corrected chi connectivity index (χ0v) is 14.0. The Morgan fingerprint density at radius 2 is 1.62 bits per heavy atom. The maximum atomic E-state index is 13.1. The number of ketones is 1. The lowest BCUT2D eigenvalue weighted by Crippen LogP contribution is -2.39. The van der Waals surface area contributed by atoms with Crippen molar-refractivity contribution in [3.63, 3.8) is 0 Å². The van der Waals surface area contributed by atoms with E-state index in [4.69, 9.17) is 0 Å². The molecule has 114 valence electrons. The molecule has 0 aromatic heterocycles. The first-order valence-corrected chi connectivity index (χ1v) is 10.2. The van der Waals surface area contributed by atoms with Gasteiger partial charge in [0.1, 0.15) is 11.5 Å². The average molecular weight is 303 g/mol. The molecule has 1 saturated carbocycles. The summed E-state index contributed by atoms with van der Waals surface area (Å²) in [6.07, 6.45) is 9.29. The van der Waals surface area contributed by atoms with E-state index in [-0.39, 0.29) is 0 Å². The van der Waals surface area contributed by atoms with Crippen molar-refractivity contribution in [1.82, 2.24) is 0 Å². The zero-order chi connectivity index (χ0) is 14.7. The summed E-state index contributed by atoms with van der Waals surface area (Å²) in [6, 6.07) is 8.27. The number of hydrogen-bond donors (Lipinski definition) is 0. The van der Waals surface area contributed by atoms with Crippen LogP contribution in [-0.4, -0.2) is 22.5 Å². The Balaban J connectivity index is 1.82. The Bertz CT molecular complexity index is 467. The van der Waals surface area contributed by atoms with Crippen LogP contribution in [0.1, 0.15) is 60.9 Å². The number of hydrogen-bond acceptors (Lipinski definition) is 1. The third kappa shape index (κ3) is 3.53. The molecule has 1 aromatic carbocycles. The summed E-state index contributed by atoms with van der Waals surface area (Å²) in [7, 11) is 0.352. The normalized spacial score (nSPS) is 22.3. The van der Waals surface area contributed by atoms with Crippen LogP contribution in [0.25, 0.3) is 0 Å². The first kappa shape index (κ1) is 15.1. The quantitative estimate of drug-likeness (QED) is 0.589. The fraction of sp³-hybridized carbons (Fsp3) is 0.632. The third-order valence-corrected chi connectivity index (χ3v) is 8.04. The van der Waals surface area contributed by atoms with Gasteiger partial charge in [0.05, 0.1) is 0 Å². The summed E-state index contributed by atoms with van der Waals surface area (Å²) in [6.45, 7) is 2.09. The maximum absolute atomic E-state index is 13.1. The molecular weight excluding hydrogens is 276 g/mol. The number of carbonyl (C=O) groups is 1. The second-order valence-electron chi connectivity index (χ2n) is 6.70. The lowest BCUT2D eigenvalue weighted by atomic mass is 9.84. The molecule has 3 rings (SSSR count). The SMILES string of the molecule is Cc1ccc(C(=O)C(C2CCCCC2)[S+]2CCCC2)cc1. The van der Waals surface area contributed by atoms with Crippen molar-refractivity contribution in [1.29, 1.82) is 0 Å². The van der Waals surface area contributed by atoms with Gasteiger partial charge in [0, 0.05) is 11.5 Å². The Morgan fingerprint density at radius 3 is 2.24 bits per heavy atom. The summed E-state index contributed by atoms with van der Waals surface area (Å²) in [5.74, 6) is 3.72. The van der Waals surface area contributed by atoms with Gasteiger partial charge in [-0.15, -0.1) is 0 Å². The Morgan fingerprint density at radius 1 is 1.00 bits per heavy atom. The van der Waals surface area contributed by atoms with Gasteiger partial charge in [0.15, 0.2) is 5.25 Å². The molecule has 1 heterocycles. The summed E-state index contributed by atoms with van der Waals surface area (Å²) < 4.78 is 0. The molecular formula is C19H27OS+. The first-order chi connectivity index (χ1) is 10.3. The van der Waals surface area contributed by atoms with Gasteiger partial charge in [-0.05, 0) is 43.5 Å². The van der Waals surface area contributed by atoms with Crippen molar-refractivity contribution in [2.45, 2.75) is 57.1 Å². The van der Waals surface area contributed by atoms with Crippen molar-refractivity contribution >= 4 is 16.7 Å². The van der Waals surface area contributed by atoms with E-state index in [9.17, 15) is 4.79 Å². The second-order valence-corrected chi connectivity index (χ2v) is 9.10. The van der Waals surface area contributed by atoms with E-state index in [2.05, 4.69) is 19.1 Å². The van der Waals surface area contributed by atoms with Crippen LogP contribution < -0.4 is 0 Å². The van der Waals surface area contributed by atoms with Gasteiger partial charge in [-0.25, -0.2) is 0 Å². The van der Waals surface area contributed by atoms with Gasteiger partial charge in [-0.2, -0.15) is 0 Å². The van der Waals surface area contributed by atoms with E-state index >= 15 is 0 Å². The van der Waals surface area contributed by atoms with Crippen LogP contribution in [0.3, 0.4) is 0 Å². The highest BCUT2D eigenvalue weighted by Crippen LogP contribution is 2.35. The molecule has 0 N–H and O–H groups in total. The molecule has 2 fully saturated rings. The Hall–Kier alpha value is -0.760. The van der Waals surface area contributed by atoms with E-state index in [1.807, 2.05) is 12.1 Å². The molecule has 1 unspecified atom stereocenters. The highest BCUT2D eigenvalue weighted by molar-refractivity contribution is 7.98. The van der Waals surface area contributed by atoms with Gasteiger partial charge in [0.25, 0.3) is 0 Å². The van der Waals surface area contributed by atoms with Crippen LogP contribution in [0.15, 0.2) is 24.3 Å². The van der Waals surface area contributed by atoms with E-state index in [0.717, 1.165) is 5.56 Å². The largest absolute Gasteiger partial charge is 0.288 e. The monoisotopic (exact) mass is 303 g/mol. The van der Waals surface area contributed by atoms with Crippen LogP contribution in [0.4, 0.5) is 0 Å². The molecule has 1 saturated heterocycles. The maximum Gasteiger partial charge on any atom is 0.215 e. The summed E-state index contributed by atoms with van der Waals surface area (Å²) in [5, 5.41) is 0.329. The standard InChI is InChI=1S/C19H27OS/c1-15-9-11-16(12-10-15)18(20)19(21-13-5-6-14-21)17-7-3-2-4-8-17/h9-12,17,19H,2-8,13-14H2,1H3/q+1. The molecule has 2 aliphatic rings. The molecule has 21 heavy (non-hydrogen) atoms. The minimum Gasteiger partial charge on any atom is -0.288 e. The molecule has 1 aliphatic carbocycles. The highest BCUT2D eigenvalue weighted by Gasteiger charge is 2.44. The smallest absolute Gasteiger partial charge is 0.215 e. The third-order valence-electron chi connectivity index (χ3n) is 5.09. The van der Waals surface area contributed by atoms with E-state index < -0.39 is 0 Å². The van der Waals surface area contributed by atoms with Crippen molar-refractivity contribution < 1.29 is 4.79 Å². The average Bonchev–Trinajstić information content (AvgIpc) is 3.03. The molecule has 0 amide bonds. The van der Waals surface area contributed by atoms with Crippen LogP contribution in [0.2, 0.25) is 0 Å². The predicted molar refractivity (Wildman–Crippen MR) is 92.2 cm³/mol. The second kappa shape index (κ2) is 7.00. The molecule has 1 aliphatic heterocycles. The van der Waals surface area contributed by atoms with Crippen molar-refractivity contribution in [3.8, 4) is 0 Å². The lowest BCUT2D eigenvalue weighted by molar-refractivity contribution is 0.0958. The molecule has 1 atom stereocenters. The highest BCUT2D eigenvalue weighted by atomic mass is 32.2. The Labute approximate surface area is 131 Å². The number of Topliss-reactive ketones (excluding diaryl/α,β-unsaturated/α-hetero) is 1. The number of aryl methyl sites for hydroxylation is 1. The Kier molecular flexibility index (Phi) is 5.05. The molecule has 0 radical (unpaired) electrons. The lowest BCUT2D eigenvalue weighted by Gasteiger charge is -2.27. The van der Waals surface area contributed by atoms with Gasteiger partial charge >= 0.3 is 0 Å². The topological polar surface area (TPSA) is 17.1 Å². The number of benzene rings is 1. The summed E-state index contributed by atoms with van der Waals surface area (Å²) >= 11 is 0. The van der Waals surface area contributed by atoms with Crippen LogP contribution >= 0.6 is 0 Å². The molecule has 1 aromatic rings. The summed E-state index contributed by atoms with van der Waals surface area (Å²) in [4.78, 5) is 13.1. The van der Waals surface area contributed by atoms with Crippen LogP contribution in [0, 0.1) is 12.8 Å². The van der Waals surface area contributed by atoms with Gasteiger partial charge < -0.3 is 0 Å². The summed E-state index contributed by atoms with van der Waals surface area (Å²) in [5.41, 5.74) is 2.19. The molecule has 0 spiro atoms.